The minimum Gasteiger partial charge on any atom is -0.314 e. The van der Waals surface area contributed by atoms with E-state index in [0.29, 0.717) is 0 Å². The number of fused-ring (bicyclic) bond motifs is 2. The van der Waals surface area contributed by atoms with Gasteiger partial charge in [-0.25, -0.2) is 0 Å². The first-order chi connectivity index (χ1) is 9.76. The van der Waals surface area contributed by atoms with Crippen molar-refractivity contribution in [3.8, 4) is 0 Å². The van der Waals surface area contributed by atoms with E-state index in [1.54, 1.807) is 0 Å². The molecule has 3 fully saturated rings. The molecule has 0 aromatic carbocycles. The summed E-state index contributed by atoms with van der Waals surface area (Å²) in [7, 11) is 0. The van der Waals surface area contributed by atoms with Gasteiger partial charge in [0.15, 0.2) is 0 Å². The van der Waals surface area contributed by atoms with Crippen molar-refractivity contribution in [2.24, 2.45) is 11.8 Å². The summed E-state index contributed by atoms with van der Waals surface area (Å²) in [5, 5.41) is 3.78. The molecule has 0 radical (unpaired) electrons. The van der Waals surface area contributed by atoms with Crippen LogP contribution < -0.4 is 5.32 Å². The van der Waals surface area contributed by atoms with Crippen LogP contribution in [0, 0.1) is 11.8 Å². The van der Waals surface area contributed by atoms with E-state index in [-0.39, 0.29) is 0 Å². The first-order valence-corrected chi connectivity index (χ1v) is 9.25. The van der Waals surface area contributed by atoms with Crippen LogP contribution in [-0.2, 0) is 0 Å². The molecule has 0 aromatic heterocycles. The van der Waals surface area contributed by atoms with Crippen molar-refractivity contribution in [2.45, 2.75) is 89.8 Å². The zero-order valence-corrected chi connectivity index (χ0v) is 13.6. The summed E-state index contributed by atoms with van der Waals surface area (Å²) in [4.78, 5) is 2.92. The molecule has 0 spiro atoms. The molecule has 2 aliphatic heterocycles. The van der Waals surface area contributed by atoms with E-state index in [9.17, 15) is 0 Å². The second-order valence-corrected chi connectivity index (χ2v) is 7.83. The maximum atomic E-state index is 3.78. The van der Waals surface area contributed by atoms with Crippen molar-refractivity contribution in [1.82, 2.24) is 10.2 Å². The van der Waals surface area contributed by atoms with E-state index >= 15 is 0 Å². The molecule has 2 heterocycles. The topological polar surface area (TPSA) is 15.3 Å². The van der Waals surface area contributed by atoms with Gasteiger partial charge in [0.05, 0.1) is 0 Å². The first kappa shape index (κ1) is 14.8. The number of nitrogens with zero attached hydrogens (tertiary/aromatic N) is 1. The molecule has 0 aromatic rings. The van der Waals surface area contributed by atoms with Gasteiger partial charge in [-0.15, -0.1) is 0 Å². The Morgan fingerprint density at radius 1 is 0.950 bits per heavy atom. The van der Waals surface area contributed by atoms with Crippen LogP contribution >= 0.6 is 0 Å². The van der Waals surface area contributed by atoms with E-state index < -0.39 is 0 Å². The predicted octanol–water partition coefficient (Wildman–Crippen LogP) is 3.81. The molecule has 2 bridgehead atoms. The van der Waals surface area contributed by atoms with Crippen LogP contribution in [0.4, 0.5) is 0 Å². The molecule has 2 atom stereocenters. The normalized spacial score (nSPS) is 42.0. The molecule has 3 rings (SSSR count). The molecule has 2 saturated heterocycles. The lowest BCUT2D eigenvalue weighted by molar-refractivity contribution is 0.0846. The first-order valence-electron chi connectivity index (χ1n) is 9.25. The lowest BCUT2D eigenvalue weighted by Gasteiger charge is -2.42. The molecule has 2 nitrogen and oxygen atoms in total. The van der Waals surface area contributed by atoms with E-state index in [2.05, 4.69) is 24.1 Å². The Hall–Kier alpha value is -0.0800. The summed E-state index contributed by atoms with van der Waals surface area (Å²) in [5.41, 5.74) is 0. The monoisotopic (exact) mass is 278 g/mol. The van der Waals surface area contributed by atoms with Gasteiger partial charge in [-0.2, -0.15) is 0 Å². The SMILES string of the molecule is CCCNC1CC2CCC(C1)N2CC1CCC(C)CC1. The highest BCUT2D eigenvalue weighted by molar-refractivity contribution is 4.98. The maximum absolute atomic E-state index is 3.78. The standard InChI is InChI=1S/C18H34N2/c1-3-10-19-16-11-17-8-9-18(12-16)20(17)13-15-6-4-14(2)5-7-15/h14-19H,3-13H2,1-2H3. The zero-order valence-electron chi connectivity index (χ0n) is 13.6. The summed E-state index contributed by atoms with van der Waals surface area (Å²) in [5.74, 6) is 2.00. The summed E-state index contributed by atoms with van der Waals surface area (Å²) >= 11 is 0. The molecule has 1 saturated carbocycles. The maximum Gasteiger partial charge on any atom is 0.0114 e. The molecule has 2 unspecified atom stereocenters. The number of nitrogens with one attached hydrogen (secondary N) is 1. The van der Waals surface area contributed by atoms with Crippen molar-refractivity contribution in [2.75, 3.05) is 13.1 Å². The second kappa shape index (κ2) is 6.79. The molecule has 1 N–H and O–H groups in total. The highest BCUT2D eigenvalue weighted by Gasteiger charge is 2.41. The smallest absolute Gasteiger partial charge is 0.0114 e. The fourth-order valence-corrected chi connectivity index (χ4v) is 4.90. The third kappa shape index (κ3) is 3.39. The third-order valence-corrected chi connectivity index (χ3v) is 6.17. The zero-order chi connectivity index (χ0) is 13.9. The van der Waals surface area contributed by atoms with Gasteiger partial charge in [-0.3, -0.25) is 4.90 Å². The Labute approximate surface area is 125 Å². The predicted molar refractivity (Wildman–Crippen MR) is 86.0 cm³/mol. The fourth-order valence-electron chi connectivity index (χ4n) is 4.90. The average Bonchev–Trinajstić information content (AvgIpc) is 2.70. The van der Waals surface area contributed by atoms with Crippen LogP contribution in [0.1, 0.15) is 71.6 Å². The quantitative estimate of drug-likeness (QED) is 0.822. The van der Waals surface area contributed by atoms with Gasteiger partial charge >= 0.3 is 0 Å². The summed E-state index contributed by atoms with van der Waals surface area (Å²) in [6.07, 6.45) is 13.0. The van der Waals surface area contributed by atoms with Crippen LogP contribution in [0.3, 0.4) is 0 Å². The lowest BCUT2D eigenvalue weighted by atomic mass is 9.82. The highest BCUT2D eigenvalue weighted by Crippen LogP contribution is 2.38. The molecule has 116 valence electrons. The van der Waals surface area contributed by atoms with Crippen LogP contribution in [0.25, 0.3) is 0 Å². The lowest BCUT2D eigenvalue weighted by Crippen LogP contribution is -2.50. The van der Waals surface area contributed by atoms with Gasteiger partial charge in [0.1, 0.15) is 0 Å². The van der Waals surface area contributed by atoms with Gasteiger partial charge in [0.25, 0.3) is 0 Å². The third-order valence-electron chi connectivity index (χ3n) is 6.17. The molecular formula is C18H34N2. The molecule has 2 heteroatoms. The van der Waals surface area contributed by atoms with Crippen molar-refractivity contribution in [1.29, 1.82) is 0 Å². The van der Waals surface area contributed by atoms with Crippen LogP contribution in [0.2, 0.25) is 0 Å². The van der Waals surface area contributed by atoms with Crippen molar-refractivity contribution in [3.63, 3.8) is 0 Å². The van der Waals surface area contributed by atoms with Crippen molar-refractivity contribution >= 4 is 0 Å². The van der Waals surface area contributed by atoms with Gasteiger partial charge in [-0.1, -0.05) is 26.7 Å². The Morgan fingerprint density at radius 2 is 1.60 bits per heavy atom. The van der Waals surface area contributed by atoms with Gasteiger partial charge in [0, 0.05) is 24.7 Å². The van der Waals surface area contributed by atoms with Crippen molar-refractivity contribution in [3.05, 3.63) is 0 Å². The van der Waals surface area contributed by atoms with E-state index in [4.69, 9.17) is 0 Å². The van der Waals surface area contributed by atoms with E-state index in [0.717, 1.165) is 30.0 Å². The fraction of sp³-hybridized carbons (Fsp3) is 1.00. The Morgan fingerprint density at radius 3 is 2.20 bits per heavy atom. The molecule has 3 aliphatic rings. The van der Waals surface area contributed by atoms with Crippen LogP contribution in [0.15, 0.2) is 0 Å². The Balaban J connectivity index is 1.49. The number of rotatable bonds is 5. The minimum atomic E-state index is 0.815. The van der Waals surface area contributed by atoms with E-state index in [1.165, 1.54) is 70.9 Å². The minimum absolute atomic E-state index is 0.815. The number of piperidine rings is 1. The van der Waals surface area contributed by atoms with Gasteiger partial charge in [0.2, 0.25) is 0 Å². The Bertz CT molecular complexity index is 282. The molecular weight excluding hydrogens is 244 g/mol. The number of hydrogen-bond acceptors (Lipinski definition) is 2. The van der Waals surface area contributed by atoms with Gasteiger partial charge < -0.3 is 5.32 Å². The molecule has 0 amide bonds. The van der Waals surface area contributed by atoms with E-state index in [1.807, 2.05) is 0 Å². The second-order valence-electron chi connectivity index (χ2n) is 7.83. The largest absolute Gasteiger partial charge is 0.314 e. The summed E-state index contributed by atoms with van der Waals surface area (Å²) < 4.78 is 0. The summed E-state index contributed by atoms with van der Waals surface area (Å²) in [6, 6.07) is 2.62. The molecule has 1 aliphatic carbocycles. The Kier molecular flexibility index (Phi) is 5.04. The number of hydrogen-bond donors (Lipinski definition) is 1. The van der Waals surface area contributed by atoms with Gasteiger partial charge in [-0.05, 0) is 63.3 Å². The summed E-state index contributed by atoms with van der Waals surface area (Å²) in [6.45, 7) is 7.35. The van der Waals surface area contributed by atoms with Crippen LogP contribution in [0.5, 0.6) is 0 Å². The van der Waals surface area contributed by atoms with Crippen molar-refractivity contribution < 1.29 is 0 Å². The molecule has 20 heavy (non-hydrogen) atoms. The highest BCUT2D eigenvalue weighted by atomic mass is 15.2. The van der Waals surface area contributed by atoms with Crippen LogP contribution in [-0.4, -0.2) is 36.1 Å². The average molecular weight is 278 g/mol.